The summed E-state index contributed by atoms with van der Waals surface area (Å²) >= 11 is 4.96. The zero-order valence-electron chi connectivity index (χ0n) is 11.0. The van der Waals surface area contributed by atoms with Crippen LogP contribution in [0.3, 0.4) is 0 Å². The lowest BCUT2D eigenvalue weighted by Crippen LogP contribution is -2.46. The molecule has 0 saturated carbocycles. The number of nitrogens with one attached hydrogen (secondary N) is 1. The van der Waals surface area contributed by atoms with Crippen LogP contribution in [0.15, 0.2) is 18.3 Å². The molecule has 1 rings (SSSR count). The Morgan fingerprint density at radius 1 is 1.56 bits per heavy atom. The summed E-state index contributed by atoms with van der Waals surface area (Å²) in [5, 5.41) is 2.84. The van der Waals surface area contributed by atoms with Crippen LogP contribution in [-0.4, -0.2) is 15.9 Å². The molecule has 1 unspecified atom stereocenters. The molecule has 0 aliphatic rings. The van der Waals surface area contributed by atoms with Gasteiger partial charge in [-0.25, -0.2) is 0 Å². The molecule has 0 aromatic carbocycles. The first-order valence-electron chi connectivity index (χ1n) is 5.90. The lowest BCUT2D eigenvalue weighted by molar-refractivity contribution is -0.127. The van der Waals surface area contributed by atoms with Gasteiger partial charge < -0.3 is 11.1 Å². The second-order valence-corrected chi connectivity index (χ2v) is 4.98. The molecule has 3 N–H and O–H groups in total. The summed E-state index contributed by atoms with van der Waals surface area (Å²) in [4.78, 5) is 16.5. The van der Waals surface area contributed by atoms with Gasteiger partial charge >= 0.3 is 0 Å². The van der Waals surface area contributed by atoms with Crippen molar-refractivity contribution < 1.29 is 4.79 Å². The van der Waals surface area contributed by atoms with Crippen LogP contribution in [0.5, 0.6) is 0 Å². The van der Waals surface area contributed by atoms with Gasteiger partial charge in [-0.1, -0.05) is 25.2 Å². The molecule has 0 fully saturated rings. The van der Waals surface area contributed by atoms with Crippen LogP contribution in [0.1, 0.15) is 31.5 Å². The first kappa shape index (κ1) is 14.6. The van der Waals surface area contributed by atoms with Gasteiger partial charge in [0.1, 0.15) is 0 Å². The van der Waals surface area contributed by atoms with E-state index in [-0.39, 0.29) is 10.9 Å². The van der Waals surface area contributed by atoms with Gasteiger partial charge in [-0.2, -0.15) is 0 Å². The third kappa shape index (κ3) is 3.26. The zero-order chi connectivity index (χ0) is 13.8. The summed E-state index contributed by atoms with van der Waals surface area (Å²) in [5.41, 5.74) is 6.75. The van der Waals surface area contributed by atoms with E-state index in [0.29, 0.717) is 13.0 Å². The van der Waals surface area contributed by atoms with Crippen molar-refractivity contribution in [3.05, 3.63) is 29.6 Å². The Labute approximate surface area is 113 Å². The van der Waals surface area contributed by atoms with Crippen LogP contribution < -0.4 is 11.1 Å². The van der Waals surface area contributed by atoms with Crippen LogP contribution in [0, 0.1) is 12.3 Å². The average molecular weight is 265 g/mol. The predicted molar refractivity (Wildman–Crippen MR) is 76.0 cm³/mol. The molecule has 0 bridgehead atoms. The molecule has 18 heavy (non-hydrogen) atoms. The van der Waals surface area contributed by atoms with Crippen LogP contribution in [0.2, 0.25) is 0 Å². The van der Waals surface area contributed by atoms with Gasteiger partial charge in [0.15, 0.2) is 0 Å². The van der Waals surface area contributed by atoms with Crippen molar-refractivity contribution in [3.63, 3.8) is 0 Å². The highest BCUT2D eigenvalue weighted by atomic mass is 32.1. The Kier molecular flexibility index (Phi) is 4.78. The van der Waals surface area contributed by atoms with Crippen molar-refractivity contribution >= 4 is 23.1 Å². The van der Waals surface area contributed by atoms with E-state index < -0.39 is 5.41 Å². The first-order valence-corrected chi connectivity index (χ1v) is 6.30. The fourth-order valence-corrected chi connectivity index (χ4v) is 1.66. The Balaban J connectivity index is 2.66. The van der Waals surface area contributed by atoms with Crippen LogP contribution in [-0.2, 0) is 11.3 Å². The number of amides is 1. The number of nitrogens with two attached hydrogens (primary N) is 1. The molecule has 1 aromatic heterocycles. The molecule has 1 amide bonds. The van der Waals surface area contributed by atoms with Gasteiger partial charge in [0.25, 0.3) is 0 Å². The van der Waals surface area contributed by atoms with E-state index in [1.165, 1.54) is 0 Å². The lowest BCUT2D eigenvalue weighted by atomic mass is 9.86. The third-order valence-electron chi connectivity index (χ3n) is 3.18. The molecule has 0 aliphatic heterocycles. The zero-order valence-corrected chi connectivity index (χ0v) is 11.8. The summed E-state index contributed by atoms with van der Waals surface area (Å²) in [6, 6.07) is 3.85. The molecule has 0 saturated heterocycles. The molecule has 4 nitrogen and oxygen atoms in total. The minimum atomic E-state index is -0.784. The summed E-state index contributed by atoms with van der Waals surface area (Å²) in [6.45, 7) is 6.01. The quantitative estimate of drug-likeness (QED) is 0.795. The maximum absolute atomic E-state index is 12.1. The lowest BCUT2D eigenvalue weighted by Gasteiger charge is -2.25. The van der Waals surface area contributed by atoms with E-state index in [1.54, 1.807) is 13.1 Å². The molecular weight excluding hydrogens is 246 g/mol. The predicted octanol–water partition coefficient (Wildman–Crippen LogP) is 1.71. The van der Waals surface area contributed by atoms with Crippen molar-refractivity contribution in [1.82, 2.24) is 10.3 Å². The summed E-state index contributed by atoms with van der Waals surface area (Å²) in [7, 11) is 0. The number of carbonyl (C=O) groups is 1. The van der Waals surface area contributed by atoms with Gasteiger partial charge in [-0.15, -0.1) is 0 Å². The van der Waals surface area contributed by atoms with Gasteiger partial charge in [0.2, 0.25) is 5.91 Å². The molecule has 1 atom stereocenters. The van der Waals surface area contributed by atoms with E-state index in [2.05, 4.69) is 10.3 Å². The monoisotopic (exact) mass is 265 g/mol. The molecular formula is C13H19N3OS. The topological polar surface area (TPSA) is 68.0 Å². The van der Waals surface area contributed by atoms with Crippen molar-refractivity contribution in [1.29, 1.82) is 0 Å². The highest BCUT2D eigenvalue weighted by Crippen LogP contribution is 2.21. The number of aryl methyl sites for hydroxylation is 1. The number of pyridine rings is 1. The maximum Gasteiger partial charge on any atom is 0.233 e. The summed E-state index contributed by atoms with van der Waals surface area (Å²) in [6.07, 6.45) is 2.33. The Hall–Kier alpha value is -1.49. The third-order valence-corrected chi connectivity index (χ3v) is 3.63. The van der Waals surface area contributed by atoms with Gasteiger partial charge in [-0.3, -0.25) is 9.78 Å². The Morgan fingerprint density at radius 3 is 2.67 bits per heavy atom. The number of hydrogen-bond acceptors (Lipinski definition) is 3. The summed E-state index contributed by atoms with van der Waals surface area (Å²) < 4.78 is 0. The number of rotatable bonds is 5. The number of hydrogen-bond donors (Lipinski definition) is 2. The fourth-order valence-electron chi connectivity index (χ4n) is 1.43. The number of carbonyl (C=O) groups excluding carboxylic acids is 1. The SMILES string of the molecule is CCC(C)(C(=O)NCc1ccc(C)nc1)C(N)=S. The highest BCUT2D eigenvalue weighted by Gasteiger charge is 2.34. The minimum absolute atomic E-state index is 0.141. The normalized spacial score (nSPS) is 13.7. The standard InChI is InChI=1S/C13H19N3OS/c1-4-13(3,11(14)18)12(17)16-8-10-6-5-9(2)15-7-10/h5-7H,4,8H2,1-3H3,(H2,14,18)(H,16,17). The number of thiocarbonyl (C=S) groups is 1. The number of nitrogens with zero attached hydrogens (tertiary/aromatic N) is 1. The molecule has 98 valence electrons. The number of aromatic nitrogens is 1. The first-order chi connectivity index (χ1) is 8.40. The molecule has 0 aliphatic carbocycles. The second-order valence-electron chi connectivity index (χ2n) is 4.54. The Bertz CT molecular complexity index is 444. The highest BCUT2D eigenvalue weighted by molar-refractivity contribution is 7.80. The average Bonchev–Trinajstić information content (AvgIpc) is 2.36. The van der Waals surface area contributed by atoms with Crippen molar-refractivity contribution in [2.75, 3.05) is 0 Å². The van der Waals surface area contributed by atoms with Crippen molar-refractivity contribution in [2.24, 2.45) is 11.1 Å². The molecule has 5 heteroatoms. The summed E-state index contributed by atoms with van der Waals surface area (Å²) in [5.74, 6) is -0.141. The fraction of sp³-hybridized carbons (Fsp3) is 0.462. The van der Waals surface area contributed by atoms with Gasteiger partial charge in [-0.05, 0) is 31.9 Å². The molecule has 0 radical (unpaired) electrons. The second kappa shape index (κ2) is 5.91. The van der Waals surface area contributed by atoms with Crippen LogP contribution in [0.25, 0.3) is 0 Å². The van der Waals surface area contributed by atoms with Crippen LogP contribution >= 0.6 is 12.2 Å². The van der Waals surface area contributed by atoms with E-state index in [0.717, 1.165) is 11.3 Å². The van der Waals surface area contributed by atoms with Gasteiger partial charge in [0, 0.05) is 18.4 Å². The molecule has 0 spiro atoms. The molecule has 1 heterocycles. The van der Waals surface area contributed by atoms with E-state index in [1.807, 2.05) is 26.0 Å². The minimum Gasteiger partial charge on any atom is -0.392 e. The largest absolute Gasteiger partial charge is 0.392 e. The van der Waals surface area contributed by atoms with Crippen molar-refractivity contribution in [2.45, 2.75) is 33.7 Å². The van der Waals surface area contributed by atoms with Crippen molar-refractivity contribution in [3.8, 4) is 0 Å². The smallest absolute Gasteiger partial charge is 0.233 e. The van der Waals surface area contributed by atoms with Gasteiger partial charge in [0.05, 0.1) is 10.4 Å². The van der Waals surface area contributed by atoms with E-state index in [4.69, 9.17) is 18.0 Å². The molecule has 1 aromatic rings. The van der Waals surface area contributed by atoms with E-state index >= 15 is 0 Å². The van der Waals surface area contributed by atoms with E-state index in [9.17, 15) is 4.79 Å². The Morgan fingerprint density at radius 2 is 2.22 bits per heavy atom. The van der Waals surface area contributed by atoms with Crippen LogP contribution in [0.4, 0.5) is 0 Å². The maximum atomic E-state index is 12.1.